The van der Waals surface area contributed by atoms with Crippen molar-refractivity contribution in [1.29, 1.82) is 0 Å². The summed E-state index contributed by atoms with van der Waals surface area (Å²) in [6, 6.07) is 4.71. The number of phenols is 1. The first-order valence-corrected chi connectivity index (χ1v) is 4.82. The van der Waals surface area contributed by atoms with Gasteiger partial charge in [0.05, 0.1) is 12.3 Å². The van der Waals surface area contributed by atoms with Crippen molar-refractivity contribution < 1.29 is 19.4 Å². The molecule has 0 spiro atoms. The molecule has 0 saturated heterocycles. The second-order valence-electron chi connectivity index (χ2n) is 3.20. The van der Waals surface area contributed by atoms with Gasteiger partial charge in [-0.3, -0.25) is 4.79 Å². The quantitative estimate of drug-likeness (QED) is 0.449. The lowest BCUT2D eigenvalue weighted by Gasteiger charge is -2.06. The van der Waals surface area contributed by atoms with Crippen LogP contribution in [0.15, 0.2) is 18.2 Å². The second-order valence-corrected chi connectivity index (χ2v) is 3.20. The third-order valence-corrected chi connectivity index (χ3v) is 1.86. The number of anilines is 1. The van der Waals surface area contributed by atoms with Gasteiger partial charge in [0.25, 0.3) is 0 Å². The van der Waals surface area contributed by atoms with Gasteiger partial charge in [0.15, 0.2) is 0 Å². The number of hydrogen-bond donors (Lipinski definition) is 2. The Bertz CT molecular complexity index is 414. The smallest absolute Gasteiger partial charge is 0.397 e. The Morgan fingerprint density at radius 3 is 2.69 bits per heavy atom. The molecule has 1 aromatic rings. The Balaban J connectivity index is 2.73. The molecule has 16 heavy (non-hydrogen) atoms. The van der Waals surface area contributed by atoms with Crippen molar-refractivity contribution in [3.8, 4) is 5.75 Å². The third kappa shape index (κ3) is 2.98. The first kappa shape index (κ1) is 12.0. The van der Waals surface area contributed by atoms with Crippen LogP contribution >= 0.6 is 0 Å². The van der Waals surface area contributed by atoms with Crippen molar-refractivity contribution in [2.75, 3.05) is 11.9 Å². The molecule has 0 aromatic heterocycles. The number of aryl methyl sites for hydroxylation is 1. The maximum atomic E-state index is 11.2. The van der Waals surface area contributed by atoms with E-state index in [1.807, 2.05) is 0 Å². The lowest BCUT2D eigenvalue weighted by atomic mass is 10.2. The number of carbonyl (C=O) groups excluding carboxylic acids is 2. The molecule has 0 unspecified atom stereocenters. The minimum Gasteiger partial charge on any atom is -0.506 e. The SMILES string of the molecule is CCOC(=O)C(=O)Nc1ccc(C)cc1O. The Morgan fingerprint density at radius 2 is 2.12 bits per heavy atom. The summed E-state index contributed by atoms with van der Waals surface area (Å²) in [5.41, 5.74) is 1.04. The molecule has 0 aliphatic carbocycles. The summed E-state index contributed by atoms with van der Waals surface area (Å²) in [6.45, 7) is 3.54. The number of ether oxygens (including phenoxy) is 1. The Morgan fingerprint density at radius 1 is 1.44 bits per heavy atom. The van der Waals surface area contributed by atoms with Crippen LogP contribution in [0, 0.1) is 6.92 Å². The maximum absolute atomic E-state index is 11.2. The van der Waals surface area contributed by atoms with E-state index < -0.39 is 11.9 Å². The topological polar surface area (TPSA) is 75.6 Å². The highest BCUT2D eigenvalue weighted by Gasteiger charge is 2.16. The number of nitrogens with one attached hydrogen (secondary N) is 1. The monoisotopic (exact) mass is 223 g/mol. The number of benzene rings is 1. The normalized spacial score (nSPS) is 9.62. The summed E-state index contributed by atoms with van der Waals surface area (Å²) < 4.78 is 4.51. The molecule has 0 atom stereocenters. The Labute approximate surface area is 93.0 Å². The van der Waals surface area contributed by atoms with E-state index in [2.05, 4.69) is 10.1 Å². The molecule has 5 nitrogen and oxygen atoms in total. The molecule has 2 N–H and O–H groups in total. The van der Waals surface area contributed by atoms with Gasteiger partial charge in [0.2, 0.25) is 0 Å². The molecular formula is C11H13NO4. The Kier molecular flexibility index (Phi) is 3.88. The largest absolute Gasteiger partial charge is 0.506 e. The van der Waals surface area contributed by atoms with Crippen LogP contribution in [-0.4, -0.2) is 23.6 Å². The summed E-state index contributed by atoms with van der Waals surface area (Å²) in [6.07, 6.45) is 0. The van der Waals surface area contributed by atoms with Crippen LogP contribution in [0.5, 0.6) is 5.75 Å². The highest BCUT2D eigenvalue weighted by molar-refractivity contribution is 6.37. The fraction of sp³-hybridized carbons (Fsp3) is 0.273. The van der Waals surface area contributed by atoms with Gasteiger partial charge in [-0.05, 0) is 31.5 Å². The average molecular weight is 223 g/mol. The minimum absolute atomic E-state index is 0.0855. The molecule has 1 rings (SSSR count). The van der Waals surface area contributed by atoms with E-state index in [0.29, 0.717) is 0 Å². The molecule has 0 fully saturated rings. The summed E-state index contributed by atoms with van der Waals surface area (Å²) in [5, 5.41) is 11.7. The van der Waals surface area contributed by atoms with Gasteiger partial charge in [-0.1, -0.05) is 6.07 Å². The summed E-state index contributed by atoms with van der Waals surface area (Å²) in [5.74, 6) is -1.96. The first-order chi connectivity index (χ1) is 7.54. The first-order valence-electron chi connectivity index (χ1n) is 4.82. The van der Waals surface area contributed by atoms with E-state index in [1.54, 1.807) is 19.9 Å². The van der Waals surface area contributed by atoms with Gasteiger partial charge in [-0.15, -0.1) is 0 Å². The van der Waals surface area contributed by atoms with Crippen LogP contribution in [0.2, 0.25) is 0 Å². The predicted octanol–water partition coefficient (Wildman–Crippen LogP) is 1.20. The van der Waals surface area contributed by atoms with Crippen molar-refractivity contribution in [3.63, 3.8) is 0 Å². The molecule has 5 heteroatoms. The molecule has 0 bridgehead atoms. The number of amides is 1. The fourth-order valence-corrected chi connectivity index (χ4v) is 1.12. The number of hydrogen-bond acceptors (Lipinski definition) is 4. The zero-order valence-corrected chi connectivity index (χ0v) is 9.11. The van der Waals surface area contributed by atoms with Crippen LogP contribution in [0.4, 0.5) is 5.69 Å². The molecule has 0 heterocycles. The highest BCUT2D eigenvalue weighted by Crippen LogP contribution is 2.23. The van der Waals surface area contributed by atoms with E-state index >= 15 is 0 Å². The zero-order chi connectivity index (χ0) is 12.1. The van der Waals surface area contributed by atoms with Crippen molar-refractivity contribution in [3.05, 3.63) is 23.8 Å². The van der Waals surface area contributed by atoms with E-state index in [-0.39, 0.29) is 18.0 Å². The Hall–Kier alpha value is -2.04. The van der Waals surface area contributed by atoms with Crippen LogP contribution in [-0.2, 0) is 14.3 Å². The zero-order valence-electron chi connectivity index (χ0n) is 9.11. The minimum atomic E-state index is -0.970. The molecule has 0 aliphatic rings. The lowest BCUT2D eigenvalue weighted by molar-refractivity contribution is -0.152. The van der Waals surface area contributed by atoms with Gasteiger partial charge >= 0.3 is 11.9 Å². The number of aromatic hydroxyl groups is 1. The highest BCUT2D eigenvalue weighted by atomic mass is 16.5. The second kappa shape index (κ2) is 5.16. The van der Waals surface area contributed by atoms with Gasteiger partial charge in [0.1, 0.15) is 5.75 Å². The molecule has 0 saturated carbocycles. The third-order valence-electron chi connectivity index (χ3n) is 1.86. The van der Waals surface area contributed by atoms with Crippen LogP contribution < -0.4 is 5.32 Å². The van der Waals surface area contributed by atoms with Crippen LogP contribution in [0.25, 0.3) is 0 Å². The fourth-order valence-electron chi connectivity index (χ4n) is 1.12. The lowest BCUT2D eigenvalue weighted by Crippen LogP contribution is -2.25. The van der Waals surface area contributed by atoms with E-state index in [0.717, 1.165) is 5.56 Å². The summed E-state index contributed by atoms with van der Waals surface area (Å²) >= 11 is 0. The van der Waals surface area contributed by atoms with E-state index in [1.165, 1.54) is 12.1 Å². The van der Waals surface area contributed by atoms with E-state index in [9.17, 15) is 14.7 Å². The molecule has 0 radical (unpaired) electrons. The van der Waals surface area contributed by atoms with Crippen molar-refractivity contribution in [2.45, 2.75) is 13.8 Å². The average Bonchev–Trinajstić information content (AvgIpc) is 2.22. The van der Waals surface area contributed by atoms with Gasteiger partial charge in [0, 0.05) is 0 Å². The van der Waals surface area contributed by atoms with E-state index in [4.69, 9.17) is 0 Å². The van der Waals surface area contributed by atoms with Crippen molar-refractivity contribution in [1.82, 2.24) is 0 Å². The van der Waals surface area contributed by atoms with Crippen molar-refractivity contribution >= 4 is 17.6 Å². The number of carbonyl (C=O) groups is 2. The molecule has 86 valence electrons. The standard InChI is InChI=1S/C11H13NO4/c1-3-16-11(15)10(14)12-8-5-4-7(2)6-9(8)13/h4-6,13H,3H2,1-2H3,(H,12,14). The maximum Gasteiger partial charge on any atom is 0.397 e. The molecular weight excluding hydrogens is 210 g/mol. The predicted molar refractivity (Wildman–Crippen MR) is 58.1 cm³/mol. The van der Waals surface area contributed by atoms with Crippen LogP contribution in [0.3, 0.4) is 0 Å². The number of rotatable bonds is 2. The van der Waals surface area contributed by atoms with Crippen molar-refractivity contribution in [2.24, 2.45) is 0 Å². The van der Waals surface area contributed by atoms with Crippen LogP contribution in [0.1, 0.15) is 12.5 Å². The molecule has 1 amide bonds. The number of phenolic OH excluding ortho intramolecular Hbond substituents is 1. The van der Waals surface area contributed by atoms with Gasteiger partial charge in [-0.25, -0.2) is 4.79 Å². The summed E-state index contributed by atoms with van der Waals surface area (Å²) in [7, 11) is 0. The summed E-state index contributed by atoms with van der Waals surface area (Å²) in [4.78, 5) is 22.3. The van der Waals surface area contributed by atoms with Gasteiger partial charge in [-0.2, -0.15) is 0 Å². The van der Waals surface area contributed by atoms with Gasteiger partial charge < -0.3 is 15.2 Å². The molecule has 1 aromatic carbocycles. The molecule has 0 aliphatic heterocycles. The number of esters is 1.